The molecule has 3 nitrogen and oxygen atoms in total. The van der Waals surface area contributed by atoms with Gasteiger partial charge in [0.05, 0.1) is 11.6 Å². The second-order valence-electron chi connectivity index (χ2n) is 6.49. The molecule has 1 heterocycles. The van der Waals surface area contributed by atoms with Gasteiger partial charge in [0.15, 0.2) is 11.5 Å². The van der Waals surface area contributed by atoms with Gasteiger partial charge in [-0.05, 0) is 56.0 Å². The number of nitrogens with zero attached hydrogens (tertiary/aromatic N) is 1. The zero-order valence-electron chi connectivity index (χ0n) is 15.3. The lowest BCUT2D eigenvalue weighted by molar-refractivity contribution is 0.269. The van der Waals surface area contributed by atoms with Crippen molar-refractivity contribution >= 4 is 28.8 Å². The summed E-state index contributed by atoms with van der Waals surface area (Å²) in [7, 11) is 0. The van der Waals surface area contributed by atoms with E-state index in [2.05, 4.69) is 4.90 Å². The number of benzene rings is 2. The van der Waals surface area contributed by atoms with Crippen LogP contribution < -0.4 is 9.47 Å². The van der Waals surface area contributed by atoms with Gasteiger partial charge in [0.1, 0.15) is 17.4 Å². The van der Waals surface area contributed by atoms with Gasteiger partial charge in [-0.3, -0.25) is 0 Å². The van der Waals surface area contributed by atoms with E-state index in [-0.39, 0.29) is 12.4 Å². The third-order valence-corrected chi connectivity index (χ3v) is 5.25. The maximum Gasteiger partial charge on any atom is 0.180 e. The molecule has 0 amide bonds. The number of piperidine rings is 1. The maximum atomic E-state index is 13.4. The van der Waals surface area contributed by atoms with Crippen LogP contribution in [-0.4, -0.2) is 29.6 Å². The molecular weight excluding hydrogens is 385 g/mol. The molecule has 1 fully saturated rings. The summed E-state index contributed by atoms with van der Waals surface area (Å²) in [5.74, 6) is 0.707. The average Bonchev–Trinajstić information content (AvgIpc) is 2.67. The zero-order valence-corrected chi connectivity index (χ0v) is 16.9. The minimum atomic E-state index is -0.297. The van der Waals surface area contributed by atoms with Crippen molar-refractivity contribution in [3.63, 3.8) is 0 Å². The van der Waals surface area contributed by atoms with Gasteiger partial charge in [0.2, 0.25) is 0 Å². The van der Waals surface area contributed by atoms with Crippen LogP contribution in [0.4, 0.5) is 4.39 Å². The minimum Gasteiger partial charge on any atom is -0.490 e. The first-order valence-corrected chi connectivity index (χ1v) is 10.00. The summed E-state index contributed by atoms with van der Waals surface area (Å²) in [5, 5.41) is 0.437. The Labute approximate surface area is 170 Å². The fraction of sp³-hybridized carbons (Fsp3) is 0.381. The van der Waals surface area contributed by atoms with E-state index in [1.807, 2.05) is 19.1 Å². The van der Waals surface area contributed by atoms with Crippen LogP contribution in [0.3, 0.4) is 0 Å². The Balaban J connectivity index is 1.82. The van der Waals surface area contributed by atoms with E-state index in [1.54, 1.807) is 12.1 Å². The molecule has 0 aliphatic carbocycles. The number of rotatable bonds is 6. The Morgan fingerprint density at radius 1 is 1.15 bits per heavy atom. The highest BCUT2D eigenvalue weighted by Gasteiger charge is 2.19. The molecule has 0 bridgehead atoms. The van der Waals surface area contributed by atoms with Crippen LogP contribution in [0, 0.1) is 5.82 Å². The van der Waals surface area contributed by atoms with Crippen LogP contribution in [0.2, 0.25) is 5.02 Å². The van der Waals surface area contributed by atoms with Crippen LogP contribution in [0.1, 0.15) is 37.3 Å². The first-order chi connectivity index (χ1) is 13.1. The molecule has 0 unspecified atom stereocenters. The second-order valence-corrected chi connectivity index (χ2v) is 7.28. The van der Waals surface area contributed by atoms with Gasteiger partial charge in [-0.2, -0.15) is 0 Å². The topological polar surface area (TPSA) is 21.7 Å². The Hall–Kier alpha value is -1.85. The number of likely N-dealkylation sites (tertiary alicyclic amines) is 1. The van der Waals surface area contributed by atoms with E-state index in [0.717, 1.165) is 42.0 Å². The summed E-state index contributed by atoms with van der Waals surface area (Å²) < 4.78 is 25.0. The van der Waals surface area contributed by atoms with E-state index in [9.17, 15) is 4.39 Å². The van der Waals surface area contributed by atoms with E-state index in [1.165, 1.54) is 18.6 Å². The number of halogens is 2. The Morgan fingerprint density at radius 2 is 1.93 bits per heavy atom. The summed E-state index contributed by atoms with van der Waals surface area (Å²) in [6.45, 7) is 4.52. The summed E-state index contributed by atoms with van der Waals surface area (Å²) in [6, 6.07) is 10.00. The van der Waals surface area contributed by atoms with Gasteiger partial charge < -0.3 is 14.4 Å². The molecule has 0 radical (unpaired) electrons. The van der Waals surface area contributed by atoms with E-state index in [4.69, 9.17) is 33.3 Å². The van der Waals surface area contributed by atoms with Gasteiger partial charge in [0.25, 0.3) is 0 Å². The number of ether oxygens (including phenoxy) is 2. The van der Waals surface area contributed by atoms with E-state index >= 15 is 0 Å². The Kier molecular flexibility index (Phi) is 6.91. The van der Waals surface area contributed by atoms with Crippen molar-refractivity contribution in [2.45, 2.75) is 32.8 Å². The second kappa shape index (κ2) is 9.38. The molecule has 0 spiro atoms. The fourth-order valence-electron chi connectivity index (χ4n) is 3.16. The monoisotopic (exact) mass is 407 g/mol. The molecule has 3 rings (SSSR count). The third-order valence-electron chi connectivity index (χ3n) is 4.47. The Morgan fingerprint density at radius 3 is 2.63 bits per heavy atom. The van der Waals surface area contributed by atoms with Crippen LogP contribution in [0.5, 0.6) is 11.5 Å². The van der Waals surface area contributed by atoms with Crippen LogP contribution in [0.25, 0.3) is 0 Å². The quantitative estimate of drug-likeness (QED) is 0.579. The molecule has 1 saturated heterocycles. The molecular formula is C21H23ClFNO2S. The normalized spacial score (nSPS) is 14.1. The molecule has 0 aromatic heterocycles. The van der Waals surface area contributed by atoms with Gasteiger partial charge >= 0.3 is 0 Å². The average molecular weight is 408 g/mol. The lowest BCUT2D eigenvalue weighted by Crippen LogP contribution is -2.34. The smallest absolute Gasteiger partial charge is 0.180 e. The number of hydrogen-bond acceptors (Lipinski definition) is 3. The predicted molar refractivity (Wildman–Crippen MR) is 110 cm³/mol. The zero-order chi connectivity index (χ0) is 19.2. The number of thiocarbonyl (C=S) groups is 1. The SMILES string of the molecule is CCOc1cc(C(=S)N2CCCCC2)cc(Cl)c1OCc1cccc(F)c1. The lowest BCUT2D eigenvalue weighted by atomic mass is 10.1. The summed E-state index contributed by atoms with van der Waals surface area (Å²) in [5.41, 5.74) is 1.58. The highest BCUT2D eigenvalue weighted by atomic mass is 35.5. The number of hydrogen-bond donors (Lipinski definition) is 0. The third kappa shape index (κ3) is 5.11. The molecule has 0 N–H and O–H groups in total. The molecule has 6 heteroatoms. The predicted octanol–water partition coefficient (Wildman–Crippen LogP) is 5.62. The van der Waals surface area contributed by atoms with Crippen molar-refractivity contribution in [2.75, 3.05) is 19.7 Å². The van der Waals surface area contributed by atoms with Gasteiger partial charge in [-0.15, -0.1) is 0 Å². The molecule has 1 aliphatic rings. The van der Waals surface area contributed by atoms with Crippen molar-refractivity contribution in [1.29, 1.82) is 0 Å². The molecule has 144 valence electrons. The van der Waals surface area contributed by atoms with Crippen LogP contribution in [-0.2, 0) is 6.61 Å². The summed E-state index contributed by atoms with van der Waals surface area (Å²) >= 11 is 12.2. The highest BCUT2D eigenvalue weighted by molar-refractivity contribution is 7.80. The van der Waals surface area contributed by atoms with E-state index < -0.39 is 0 Å². The van der Waals surface area contributed by atoms with Gasteiger partial charge in [0, 0.05) is 18.7 Å². The highest BCUT2D eigenvalue weighted by Crippen LogP contribution is 2.38. The lowest BCUT2D eigenvalue weighted by Gasteiger charge is -2.29. The van der Waals surface area contributed by atoms with Gasteiger partial charge in [-0.1, -0.05) is 36.0 Å². The molecule has 0 atom stereocenters. The van der Waals surface area contributed by atoms with Crippen molar-refractivity contribution in [3.05, 3.63) is 58.4 Å². The molecule has 1 aliphatic heterocycles. The molecule has 2 aromatic carbocycles. The van der Waals surface area contributed by atoms with Crippen molar-refractivity contribution in [1.82, 2.24) is 4.90 Å². The first kappa shape index (κ1) is 19.9. The van der Waals surface area contributed by atoms with Crippen molar-refractivity contribution in [2.24, 2.45) is 0 Å². The van der Waals surface area contributed by atoms with Crippen LogP contribution in [0.15, 0.2) is 36.4 Å². The maximum absolute atomic E-state index is 13.4. The van der Waals surface area contributed by atoms with E-state index in [0.29, 0.717) is 23.1 Å². The van der Waals surface area contributed by atoms with Crippen molar-refractivity contribution in [3.8, 4) is 11.5 Å². The van der Waals surface area contributed by atoms with Gasteiger partial charge in [-0.25, -0.2) is 4.39 Å². The molecule has 2 aromatic rings. The summed E-state index contributed by atoms with van der Waals surface area (Å²) in [6.07, 6.45) is 3.55. The minimum absolute atomic E-state index is 0.202. The Bertz CT molecular complexity index is 809. The largest absolute Gasteiger partial charge is 0.490 e. The molecule has 0 saturated carbocycles. The standard InChI is InChI=1S/C21H23ClFNO2S/c1-2-25-19-13-16(21(27)24-9-4-3-5-10-24)12-18(22)20(19)26-14-15-7-6-8-17(23)11-15/h6-8,11-13H,2-5,9-10,14H2,1H3. The van der Waals surface area contributed by atoms with Crippen LogP contribution >= 0.6 is 23.8 Å². The molecule has 27 heavy (non-hydrogen) atoms. The van der Waals surface area contributed by atoms with Crippen molar-refractivity contribution < 1.29 is 13.9 Å². The summed E-state index contributed by atoms with van der Waals surface area (Å²) in [4.78, 5) is 3.00. The fourth-order valence-corrected chi connectivity index (χ4v) is 3.72. The first-order valence-electron chi connectivity index (χ1n) is 9.21.